The van der Waals surface area contributed by atoms with Crippen LogP contribution in [0.25, 0.3) is 9.88 Å². The first-order valence-corrected chi connectivity index (χ1v) is 8.11. The van der Waals surface area contributed by atoms with Crippen LogP contribution in [0.15, 0.2) is 23.7 Å². The van der Waals surface area contributed by atoms with Crippen LogP contribution in [0.2, 0.25) is 0 Å². The van der Waals surface area contributed by atoms with Crippen molar-refractivity contribution in [2.45, 2.75) is 26.8 Å². The number of hydrogen-bond donors (Lipinski definition) is 2. The van der Waals surface area contributed by atoms with Crippen molar-refractivity contribution in [1.82, 2.24) is 10.3 Å². The molecule has 2 rings (SSSR count). The van der Waals surface area contributed by atoms with Crippen molar-refractivity contribution in [3.05, 3.63) is 28.6 Å². The summed E-state index contributed by atoms with van der Waals surface area (Å²) < 4.78 is 0. The minimum atomic E-state index is -0.753. The fraction of sp³-hybridized carbons (Fsp3) is 0.429. The van der Waals surface area contributed by atoms with Crippen LogP contribution >= 0.6 is 22.7 Å². The van der Waals surface area contributed by atoms with Crippen molar-refractivity contribution in [2.24, 2.45) is 5.41 Å². The quantitative estimate of drug-likeness (QED) is 0.769. The molecule has 2 aromatic rings. The molecule has 2 heterocycles. The first-order valence-electron chi connectivity index (χ1n) is 6.42. The fourth-order valence-corrected chi connectivity index (χ4v) is 3.31. The monoisotopic (exact) mass is 310 g/mol. The standard InChI is InChI=1S/C14H18N2O2S2/c1-14(2,13(17)18)5-6-15-8-10-9-16-12(20-10)11-4-3-7-19-11/h3-4,7,9,15H,5-6,8H2,1-2H3,(H,17,18). The van der Waals surface area contributed by atoms with E-state index in [0.29, 0.717) is 13.0 Å². The van der Waals surface area contributed by atoms with Crippen molar-refractivity contribution < 1.29 is 9.90 Å². The molecule has 0 aromatic carbocycles. The van der Waals surface area contributed by atoms with E-state index in [0.717, 1.165) is 11.6 Å². The average molecular weight is 310 g/mol. The summed E-state index contributed by atoms with van der Waals surface area (Å²) >= 11 is 3.36. The lowest BCUT2D eigenvalue weighted by atomic mass is 9.90. The van der Waals surface area contributed by atoms with Crippen LogP contribution in [0.5, 0.6) is 0 Å². The molecule has 0 unspecified atom stereocenters. The molecule has 0 aliphatic heterocycles. The van der Waals surface area contributed by atoms with Crippen molar-refractivity contribution >= 4 is 28.6 Å². The number of thiazole rings is 1. The number of rotatable bonds is 7. The van der Waals surface area contributed by atoms with E-state index >= 15 is 0 Å². The Morgan fingerprint density at radius 2 is 2.30 bits per heavy atom. The molecule has 0 radical (unpaired) electrons. The zero-order valence-corrected chi connectivity index (χ0v) is 13.2. The molecular weight excluding hydrogens is 292 g/mol. The first-order chi connectivity index (χ1) is 9.49. The van der Waals surface area contributed by atoms with Crippen molar-refractivity contribution in [1.29, 1.82) is 0 Å². The Kier molecular flexibility index (Phi) is 4.91. The molecule has 4 nitrogen and oxygen atoms in total. The van der Waals surface area contributed by atoms with Crippen LogP contribution in [0.1, 0.15) is 25.1 Å². The predicted molar refractivity (Wildman–Crippen MR) is 83.2 cm³/mol. The highest BCUT2D eigenvalue weighted by molar-refractivity contribution is 7.20. The van der Waals surface area contributed by atoms with Gasteiger partial charge in [-0.25, -0.2) is 4.98 Å². The summed E-state index contributed by atoms with van der Waals surface area (Å²) in [5, 5.41) is 15.4. The fourth-order valence-electron chi connectivity index (χ4n) is 1.62. The number of carboxylic acid groups (broad SMARTS) is 1. The van der Waals surface area contributed by atoms with Gasteiger partial charge in [0.05, 0.1) is 10.3 Å². The predicted octanol–water partition coefficient (Wildman–Crippen LogP) is 3.46. The Morgan fingerprint density at radius 3 is 2.95 bits per heavy atom. The van der Waals surface area contributed by atoms with Gasteiger partial charge in [0.25, 0.3) is 0 Å². The van der Waals surface area contributed by atoms with Crippen molar-refractivity contribution in [2.75, 3.05) is 6.54 Å². The number of carboxylic acids is 1. The average Bonchev–Trinajstić information content (AvgIpc) is 3.05. The number of thiophene rings is 1. The van der Waals surface area contributed by atoms with Gasteiger partial charge >= 0.3 is 5.97 Å². The van der Waals surface area contributed by atoms with Crippen LogP contribution in [0.4, 0.5) is 0 Å². The summed E-state index contributed by atoms with van der Waals surface area (Å²) in [6.45, 7) is 4.92. The highest BCUT2D eigenvalue weighted by Gasteiger charge is 2.26. The molecule has 2 N–H and O–H groups in total. The van der Waals surface area contributed by atoms with E-state index < -0.39 is 11.4 Å². The Bertz CT molecular complexity index is 562. The molecule has 0 aliphatic rings. The molecule has 6 heteroatoms. The molecule has 0 saturated heterocycles. The zero-order chi connectivity index (χ0) is 14.6. The highest BCUT2D eigenvalue weighted by atomic mass is 32.1. The Morgan fingerprint density at radius 1 is 1.50 bits per heavy atom. The third kappa shape index (κ3) is 3.88. The van der Waals surface area contributed by atoms with Gasteiger partial charge in [0.1, 0.15) is 5.01 Å². The normalized spacial score (nSPS) is 11.7. The number of hydrogen-bond acceptors (Lipinski definition) is 5. The summed E-state index contributed by atoms with van der Waals surface area (Å²) in [7, 11) is 0. The highest BCUT2D eigenvalue weighted by Crippen LogP contribution is 2.28. The number of aliphatic carboxylic acids is 1. The number of carbonyl (C=O) groups is 1. The van der Waals surface area contributed by atoms with Crippen LogP contribution in [-0.2, 0) is 11.3 Å². The van der Waals surface area contributed by atoms with E-state index in [4.69, 9.17) is 5.11 Å². The Labute approximate surface area is 126 Å². The third-order valence-corrected chi connectivity index (χ3v) is 5.13. The molecule has 0 saturated carbocycles. The topological polar surface area (TPSA) is 62.2 Å². The van der Waals surface area contributed by atoms with E-state index in [1.165, 1.54) is 9.75 Å². The van der Waals surface area contributed by atoms with Gasteiger partial charge in [0.15, 0.2) is 0 Å². The summed E-state index contributed by atoms with van der Waals surface area (Å²) in [6, 6.07) is 4.09. The second-order valence-electron chi connectivity index (χ2n) is 5.22. The van der Waals surface area contributed by atoms with Crippen molar-refractivity contribution in [3.8, 4) is 9.88 Å². The lowest BCUT2D eigenvalue weighted by Crippen LogP contribution is -2.28. The summed E-state index contributed by atoms with van der Waals surface area (Å²) in [5.74, 6) is -0.753. The molecule has 2 aromatic heterocycles. The van der Waals surface area contributed by atoms with Gasteiger partial charge in [0.2, 0.25) is 0 Å². The number of nitrogens with one attached hydrogen (secondary N) is 1. The van der Waals surface area contributed by atoms with E-state index in [2.05, 4.69) is 16.4 Å². The Balaban J connectivity index is 1.79. The third-order valence-electron chi connectivity index (χ3n) is 3.09. The number of aromatic nitrogens is 1. The maximum absolute atomic E-state index is 11.0. The Hall–Kier alpha value is -1.24. The van der Waals surface area contributed by atoms with Crippen LogP contribution in [0, 0.1) is 5.41 Å². The van der Waals surface area contributed by atoms with Gasteiger partial charge in [-0.2, -0.15) is 0 Å². The minimum absolute atomic E-state index is 0.610. The number of nitrogens with zero attached hydrogens (tertiary/aromatic N) is 1. The zero-order valence-electron chi connectivity index (χ0n) is 11.5. The molecule has 0 aliphatic carbocycles. The minimum Gasteiger partial charge on any atom is -0.481 e. The van der Waals surface area contributed by atoms with Crippen molar-refractivity contribution in [3.63, 3.8) is 0 Å². The summed E-state index contributed by atoms with van der Waals surface area (Å²) in [6.07, 6.45) is 2.49. The van der Waals surface area contributed by atoms with Gasteiger partial charge in [-0.1, -0.05) is 6.07 Å². The van der Waals surface area contributed by atoms with Gasteiger partial charge in [-0.15, -0.1) is 22.7 Å². The van der Waals surface area contributed by atoms with E-state index in [9.17, 15) is 4.79 Å². The van der Waals surface area contributed by atoms with E-state index in [1.54, 1.807) is 36.5 Å². The van der Waals surface area contributed by atoms with Gasteiger partial charge in [-0.05, 0) is 38.3 Å². The molecule has 0 bridgehead atoms. The maximum atomic E-state index is 11.0. The summed E-state index contributed by atoms with van der Waals surface area (Å²) in [4.78, 5) is 17.8. The molecule has 0 spiro atoms. The first kappa shape index (κ1) is 15.2. The van der Waals surface area contributed by atoms with E-state index in [-0.39, 0.29) is 0 Å². The second-order valence-corrected chi connectivity index (χ2v) is 7.29. The lowest BCUT2D eigenvalue weighted by molar-refractivity contribution is -0.147. The molecule has 20 heavy (non-hydrogen) atoms. The second kappa shape index (κ2) is 6.47. The SMILES string of the molecule is CC(C)(CCNCc1cnc(-c2cccs2)s1)C(=O)O. The largest absolute Gasteiger partial charge is 0.481 e. The summed E-state index contributed by atoms with van der Waals surface area (Å²) in [5.41, 5.74) is -0.678. The van der Waals surface area contributed by atoms with Gasteiger partial charge < -0.3 is 10.4 Å². The molecular formula is C14H18N2O2S2. The molecule has 108 valence electrons. The molecule has 0 atom stereocenters. The maximum Gasteiger partial charge on any atom is 0.309 e. The van der Waals surface area contributed by atoms with E-state index in [1.807, 2.05) is 17.6 Å². The molecule has 0 fully saturated rings. The van der Waals surface area contributed by atoms with Crippen LogP contribution < -0.4 is 5.32 Å². The smallest absolute Gasteiger partial charge is 0.309 e. The van der Waals surface area contributed by atoms with Crippen LogP contribution in [-0.4, -0.2) is 22.6 Å². The van der Waals surface area contributed by atoms with Crippen LogP contribution in [0.3, 0.4) is 0 Å². The molecule has 0 amide bonds. The lowest BCUT2D eigenvalue weighted by Gasteiger charge is -2.18. The van der Waals surface area contributed by atoms with Gasteiger partial charge in [0, 0.05) is 17.6 Å². The van der Waals surface area contributed by atoms with Gasteiger partial charge in [-0.3, -0.25) is 4.79 Å².